The molecule has 3 aliphatic heterocycles. The normalized spacial score (nSPS) is 21.3. The predicted molar refractivity (Wildman–Crippen MR) is 132 cm³/mol. The highest BCUT2D eigenvalue weighted by Gasteiger charge is 2.53. The minimum atomic E-state index is -1.60. The largest absolute Gasteiger partial charge is 0.497 e. The Labute approximate surface area is 211 Å². The molecule has 1 atom stereocenters. The molecule has 4 heterocycles. The van der Waals surface area contributed by atoms with Gasteiger partial charge in [-0.15, -0.1) is 0 Å². The summed E-state index contributed by atoms with van der Waals surface area (Å²) in [4.78, 5) is 42.1. The number of carbonyl (C=O) groups excluding carboxylic acids is 3. The van der Waals surface area contributed by atoms with Gasteiger partial charge in [-0.25, -0.2) is 4.79 Å². The van der Waals surface area contributed by atoms with Crippen molar-refractivity contribution in [1.82, 2.24) is 20.4 Å². The van der Waals surface area contributed by atoms with Crippen molar-refractivity contribution >= 4 is 34.7 Å². The van der Waals surface area contributed by atoms with Crippen molar-refractivity contribution in [3.63, 3.8) is 0 Å². The van der Waals surface area contributed by atoms with E-state index in [9.17, 15) is 14.4 Å². The number of carbonyl (C=O) groups is 3. The zero-order valence-corrected chi connectivity index (χ0v) is 20.1. The number of fused-ring (bicyclic) bond motifs is 2. The third-order valence-corrected chi connectivity index (χ3v) is 7.10. The van der Waals surface area contributed by atoms with Crippen LogP contribution in [-0.4, -0.2) is 73.4 Å². The van der Waals surface area contributed by atoms with Crippen LogP contribution in [-0.2, 0) is 21.6 Å². The molecule has 0 spiro atoms. The molecule has 2 aromatic carbocycles. The summed E-state index contributed by atoms with van der Waals surface area (Å²) >= 11 is 0. The smallest absolute Gasteiger partial charge is 0.322 e. The highest BCUT2D eigenvalue weighted by molar-refractivity contribution is 6.08. The summed E-state index contributed by atoms with van der Waals surface area (Å²) in [5.41, 5.74) is 0.907. The van der Waals surface area contributed by atoms with Crippen LogP contribution in [0.4, 0.5) is 4.79 Å². The second-order valence-corrected chi connectivity index (χ2v) is 9.31. The van der Waals surface area contributed by atoms with Gasteiger partial charge in [0.1, 0.15) is 22.9 Å². The van der Waals surface area contributed by atoms with Crippen LogP contribution in [0.1, 0.15) is 27.2 Å². The summed E-state index contributed by atoms with van der Waals surface area (Å²) in [6, 6.07) is 11.7. The van der Waals surface area contributed by atoms with Crippen LogP contribution in [0.5, 0.6) is 5.75 Å². The van der Waals surface area contributed by atoms with Crippen LogP contribution >= 0.6 is 0 Å². The number of urea groups is 1. The predicted octanol–water partition coefficient (Wildman–Crippen LogP) is 1.79. The average molecular weight is 504 g/mol. The first-order valence-corrected chi connectivity index (χ1v) is 11.9. The zero-order chi connectivity index (χ0) is 25.7. The molecule has 0 saturated carbocycles. The number of amides is 4. The summed E-state index contributed by atoms with van der Waals surface area (Å²) in [7, 11) is 1.53. The first-order valence-electron chi connectivity index (χ1n) is 11.9. The van der Waals surface area contributed by atoms with E-state index in [4.69, 9.17) is 19.3 Å². The van der Waals surface area contributed by atoms with E-state index in [1.807, 2.05) is 17.0 Å². The molecular formula is C26H25N5O6. The second kappa shape index (κ2) is 8.63. The van der Waals surface area contributed by atoms with E-state index < -0.39 is 17.5 Å². The molecule has 190 valence electrons. The summed E-state index contributed by atoms with van der Waals surface area (Å²) in [5.74, 6) is 0.290. The van der Waals surface area contributed by atoms with Gasteiger partial charge in [0.25, 0.3) is 11.8 Å². The third kappa shape index (κ3) is 3.78. The summed E-state index contributed by atoms with van der Waals surface area (Å²) in [6.07, 6.45) is 0. The van der Waals surface area contributed by atoms with Crippen LogP contribution in [0.2, 0.25) is 0 Å². The number of benzene rings is 2. The molecule has 0 radical (unpaired) electrons. The number of nitrogens with zero attached hydrogens (tertiary/aromatic N) is 2. The number of hydrogen-bond donors (Lipinski definition) is 3. The first kappa shape index (κ1) is 23.0. The maximum absolute atomic E-state index is 13.2. The van der Waals surface area contributed by atoms with Gasteiger partial charge in [0.15, 0.2) is 5.54 Å². The molecule has 0 aliphatic carbocycles. The van der Waals surface area contributed by atoms with Gasteiger partial charge in [-0.3, -0.25) is 20.3 Å². The van der Waals surface area contributed by atoms with Crippen molar-refractivity contribution < 1.29 is 28.3 Å². The SMILES string of the molecule is COc1ccc2c(c1)C(=O)N(CC1(c3cc4cc(C(=N)N5CCOCC5)ccc4o3)NC(=O)NC1=O)C2. The van der Waals surface area contributed by atoms with Crippen LogP contribution in [0.3, 0.4) is 0 Å². The van der Waals surface area contributed by atoms with E-state index in [0.717, 1.165) is 5.56 Å². The standard InChI is InChI=1S/C26H25N5O6/c1-35-18-4-2-16-13-31(23(32)19(16)12-18)14-26(24(33)28-25(34)29-26)21-11-17-10-15(3-5-20(17)37-21)22(27)30-6-8-36-9-7-30/h2-5,10-12,27H,6-9,13-14H2,1H3,(H2,28,29,33,34). The lowest BCUT2D eigenvalue weighted by Gasteiger charge is -2.29. The lowest BCUT2D eigenvalue weighted by Crippen LogP contribution is -2.52. The molecule has 4 amide bonds. The number of ether oxygens (including phenoxy) is 2. The van der Waals surface area contributed by atoms with Gasteiger partial charge in [-0.2, -0.15) is 0 Å². The fourth-order valence-corrected chi connectivity index (χ4v) is 5.11. The molecule has 1 aromatic heterocycles. The number of furan rings is 1. The summed E-state index contributed by atoms with van der Waals surface area (Å²) < 4.78 is 16.7. The topological polar surface area (TPSA) is 137 Å². The Morgan fingerprint density at radius 2 is 1.92 bits per heavy atom. The highest BCUT2D eigenvalue weighted by atomic mass is 16.5. The number of amidine groups is 1. The number of morpholine rings is 1. The molecule has 11 nitrogen and oxygen atoms in total. The summed E-state index contributed by atoms with van der Waals surface area (Å²) in [5, 5.41) is 14.3. The summed E-state index contributed by atoms with van der Waals surface area (Å²) in [6.45, 7) is 2.59. The zero-order valence-electron chi connectivity index (χ0n) is 20.1. The van der Waals surface area contributed by atoms with Crippen molar-refractivity contribution in [1.29, 1.82) is 5.41 Å². The molecule has 3 aliphatic rings. The van der Waals surface area contributed by atoms with Crippen molar-refractivity contribution in [3.05, 3.63) is 64.9 Å². The minimum absolute atomic E-state index is 0.114. The monoisotopic (exact) mass is 503 g/mol. The van der Waals surface area contributed by atoms with E-state index in [1.54, 1.807) is 30.3 Å². The number of rotatable bonds is 5. The maximum Gasteiger partial charge on any atom is 0.322 e. The van der Waals surface area contributed by atoms with E-state index in [1.165, 1.54) is 12.0 Å². The minimum Gasteiger partial charge on any atom is -0.497 e. The van der Waals surface area contributed by atoms with Crippen LogP contribution in [0.15, 0.2) is 46.9 Å². The maximum atomic E-state index is 13.2. The van der Waals surface area contributed by atoms with E-state index in [2.05, 4.69) is 10.6 Å². The molecule has 2 fully saturated rings. The molecule has 0 bridgehead atoms. The fourth-order valence-electron chi connectivity index (χ4n) is 5.11. The number of imide groups is 1. The number of methoxy groups -OCH3 is 1. The quantitative estimate of drug-likeness (QED) is 0.274. The Balaban J connectivity index is 1.33. The molecule has 3 aromatic rings. The van der Waals surface area contributed by atoms with E-state index in [0.29, 0.717) is 60.0 Å². The molecule has 11 heteroatoms. The highest BCUT2D eigenvalue weighted by Crippen LogP contribution is 2.35. The first-order chi connectivity index (χ1) is 17.9. The van der Waals surface area contributed by atoms with Gasteiger partial charge in [0.2, 0.25) is 0 Å². The lowest BCUT2D eigenvalue weighted by molar-refractivity contribution is -0.125. The van der Waals surface area contributed by atoms with Gasteiger partial charge in [0.05, 0.1) is 26.9 Å². The van der Waals surface area contributed by atoms with Crippen molar-refractivity contribution in [2.24, 2.45) is 0 Å². The third-order valence-electron chi connectivity index (χ3n) is 7.10. The van der Waals surface area contributed by atoms with E-state index in [-0.39, 0.29) is 24.8 Å². The second-order valence-electron chi connectivity index (χ2n) is 9.31. The van der Waals surface area contributed by atoms with Gasteiger partial charge in [-0.1, -0.05) is 6.07 Å². The number of nitrogens with one attached hydrogen (secondary N) is 3. The van der Waals surface area contributed by atoms with Gasteiger partial charge in [0, 0.05) is 36.1 Å². The molecule has 3 N–H and O–H groups in total. The Hall–Kier alpha value is -4.38. The number of hydrogen-bond acceptors (Lipinski definition) is 7. The lowest BCUT2D eigenvalue weighted by atomic mass is 9.95. The molecular weight excluding hydrogens is 478 g/mol. The van der Waals surface area contributed by atoms with Gasteiger partial charge >= 0.3 is 6.03 Å². The molecule has 6 rings (SSSR count). The van der Waals surface area contributed by atoms with Crippen LogP contribution < -0.4 is 15.4 Å². The Morgan fingerprint density at radius 3 is 2.65 bits per heavy atom. The van der Waals surface area contributed by atoms with Crippen molar-refractivity contribution in [3.8, 4) is 5.75 Å². The average Bonchev–Trinajstić information content (AvgIpc) is 3.57. The Bertz CT molecular complexity index is 1460. The molecule has 2 saturated heterocycles. The Kier molecular flexibility index (Phi) is 5.37. The Morgan fingerprint density at radius 1 is 1.11 bits per heavy atom. The van der Waals surface area contributed by atoms with Gasteiger partial charge < -0.3 is 29.0 Å². The van der Waals surface area contributed by atoms with Crippen LogP contribution in [0, 0.1) is 5.41 Å². The van der Waals surface area contributed by atoms with Gasteiger partial charge in [-0.05, 0) is 42.0 Å². The van der Waals surface area contributed by atoms with Crippen molar-refractivity contribution in [2.75, 3.05) is 40.0 Å². The van der Waals surface area contributed by atoms with Crippen LogP contribution in [0.25, 0.3) is 11.0 Å². The fraction of sp³-hybridized carbons (Fsp3) is 0.308. The van der Waals surface area contributed by atoms with E-state index >= 15 is 0 Å². The molecule has 37 heavy (non-hydrogen) atoms. The molecule has 1 unspecified atom stereocenters. The van der Waals surface area contributed by atoms with Crippen molar-refractivity contribution in [2.45, 2.75) is 12.1 Å².